The smallest absolute Gasteiger partial charge is 0.165 e. The number of methoxy groups -OCH3 is 1. The summed E-state index contributed by atoms with van der Waals surface area (Å²) in [5, 5.41) is 0. The van der Waals surface area contributed by atoms with E-state index in [-0.39, 0.29) is 11.6 Å². The van der Waals surface area contributed by atoms with Gasteiger partial charge in [0, 0.05) is 5.54 Å². The molecule has 2 nitrogen and oxygen atoms in total. The second kappa shape index (κ2) is 5.59. The van der Waals surface area contributed by atoms with Gasteiger partial charge in [-0.25, -0.2) is 8.78 Å². The van der Waals surface area contributed by atoms with Crippen molar-refractivity contribution < 1.29 is 13.5 Å². The highest BCUT2D eigenvalue weighted by molar-refractivity contribution is 5.34. The van der Waals surface area contributed by atoms with Gasteiger partial charge < -0.3 is 10.5 Å². The molecule has 0 amide bonds. The molecule has 0 heterocycles. The predicted molar refractivity (Wildman–Crippen MR) is 74.6 cm³/mol. The highest BCUT2D eigenvalue weighted by Gasteiger charge is 2.23. The molecule has 2 rings (SSSR count). The largest absolute Gasteiger partial charge is 0.494 e. The van der Waals surface area contributed by atoms with Gasteiger partial charge in [-0.2, -0.15) is 0 Å². The van der Waals surface area contributed by atoms with E-state index in [1.807, 2.05) is 6.92 Å². The summed E-state index contributed by atoms with van der Waals surface area (Å²) in [6.45, 7) is 1.82. The van der Waals surface area contributed by atoms with Crippen LogP contribution in [0, 0.1) is 11.6 Å². The zero-order chi connectivity index (χ0) is 14.8. The highest BCUT2D eigenvalue weighted by atomic mass is 19.1. The minimum Gasteiger partial charge on any atom is -0.494 e. The molecule has 0 radical (unpaired) electrons. The quantitative estimate of drug-likeness (QED) is 0.929. The molecule has 2 aromatic rings. The second-order valence-electron chi connectivity index (χ2n) is 5.07. The molecule has 0 aromatic heterocycles. The molecule has 1 unspecified atom stereocenters. The zero-order valence-electron chi connectivity index (χ0n) is 11.5. The van der Waals surface area contributed by atoms with E-state index in [2.05, 4.69) is 0 Å². The number of hydrogen-bond acceptors (Lipinski definition) is 2. The second-order valence-corrected chi connectivity index (χ2v) is 5.07. The Morgan fingerprint density at radius 1 is 1.10 bits per heavy atom. The third-order valence-corrected chi connectivity index (χ3v) is 3.30. The van der Waals surface area contributed by atoms with Gasteiger partial charge in [-0.1, -0.05) is 18.2 Å². The van der Waals surface area contributed by atoms with Gasteiger partial charge in [0.2, 0.25) is 0 Å². The third-order valence-electron chi connectivity index (χ3n) is 3.30. The summed E-state index contributed by atoms with van der Waals surface area (Å²) in [5.41, 5.74) is 7.08. The van der Waals surface area contributed by atoms with E-state index < -0.39 is 11.4 Å². The van der Waals surface area contributed by atoms with E-state index in [4.69, 9.17) is 10.5 Å². The maximum atomic E-state index is 13.7. The first kappa shape index (κ1) is 14.5. The number of rotatable bonds is 4. The van der Waals surface area contributed by atoms with Gasteiger partial charge >= 0.3 is 0 Å². The van der Waals surface area contributed by atoms with E-state index in [1.165, 1.54) is 25.3 Å². The van der Waals surface area contributed by atoms with Crippen molar-refractivity contribution in [3.05, 3.63) is 65.2 Å². The van der Waals surface area contributed by atoms with Crippen LogP contribution in [0.1, 0.15) is 18.1 Å². The molecule has 2 aromatic carbocycles. The van der Waals surface area contributed by atoms with Crippen molar-refractivity contribution in [2.24, 2.45) is 5.73 Å². The van der Waals surface area contributed by atoms with Crippen LogP contribution in [0.5, 0.6) is 5.75 Å². The minimum absolute atomic E-state index is 0.186. The van der Waals surface area contributed by atoms with Crippen LogP contribution >= 0.6 is 0 Å². The Morgan fingerprint density at radius 2 is 1.75 bits per heavy atom. The lowest BCUT2D eigenvalue weighted by Crippen LogP contribution is -2.35. The molecule has 106 valence electrons. The monoisotopic (exact) mass is 277 g/mol. The standard InChI is InChI=1S/C16H17F2NO/c1-16(19,10-11-3-6-13(17)7-4-11)12-5-8-15(20-2)14(18)9-12/h3-9H,10,19H2,1-2H3. The summed E-state index contributed by atoms with van der Waals surface area (Å²) in [6, 6.07) is 10.8. The first-order valence-corrected chi connectivity index (χ1v) is 6.30. The fraction of sp³-hybridized carbons (Fsp3) is 0.250. The van der Waals surface area contributed by atoms with Crippen molar-refractivity contribution in [1.82, 2.24) is 0 Å². The molecule has 0 saturated heterocycles. The maximum Gasteiger partial charge on any atom is 0.165 e. The lowest BCUT2D eigenvalue weighted by atomic mass is 9.86. The Labute approximate surface area is 117 Å². The molecule has 20 heavy (non-hydrogen) atoms. The van der Waals surface area contributed by atoms with Crippen LogP contribution in [-0.4, -0.2) is 7.11 Å². The topological polar surface area (TPSA) is 35.2 Å². The van der Waals surface area contributed by atoms with Crippen LogP contribution < -0.4 is 10.5 Å². The van der Waals surface area contributed by atoms with Crippen LogP contribution in [0.15, 0.2) is 42.5 Å². The van der Waals surface area contributed by atoms with Crippen LogP contribution in [0.25, 0.3) is 0 Å². The molecule has 0 spiro atoms. The van der Waals surface area contributed by atoms with Crippen molar-refractivity contribution in [2.45, 2.75) is 18.9 Å². The van der Waals surface area contributed by atoms with Crippen molar-refractivity contribution in [3.8, 4) is 5.75 Å². The molecule has 0 bridgehead atoms. The van der Waals surface area contributed by atoms with Crippen molar-refractivity contribution >= 4 is 0 Å². The third kappa shape index (κ3) is 3.14. The molecule has 0 aliphatic heterocycles. The molecule has 0 fully saturated rings. The van der Waals surface area contributed by atoms with Gasteiger partial charge in [0.05, 0.1) is 7.11 Å². The fourth-order valence-electron chi connectivity index (χ4n) is 2.15. The van der Waals surface area contributed by atoms with Gasteiger partial charge in [-0.05, 0) is 48.7 Å². The normalized spacial score (nSPS) is 13.8. The van der Waals surface area contributed by atoms with E-state index in [0.717, 1.165) is 5.56 Å². The van der Waals surface area contributed by atoms with Crippen LogP contribution in [0.2, 0.25) is 0 Å². The Hall–Kier alpha value is -1.94. The SMILES string of the molecule is COc1ccc(C(C)(N)Cc2ccc(F)cc2)cc1F. The Morgan fingerprint density at radius 3 is 2.30 bits per heavy atom. The summed E-state index contributed by atoms with van der Waals surface area (Å²) in [5.74, 6) is -0.546. The van der Waals surface area contributed by atoms with Gasteiger partial charge in [0.25, 0.3) is 0 Å². The van der Waals surface area contributed by atoms with E-state index >= 15 is 0 Å². The summed E-state index contributed by atoms with van der Waals surface area (Å²) in [7, 11) is 1.41. The summed E-state index contributed by atoms with van der Waals surface area (Å²) < 4.78 is 31.5. The summed E-state index contributed by atoms with van der Waals surface area (Å²) >= 11 is 0. The van der Waals surface area contributed by atoms with Gasteiger partial charge in [-0.3, -0.25) is 0 Å². The molecule has 1 atom stereocenters. The first-order chi connectivity index (χ1) is 9.42. The first-order valence-electron chi connectivity index (χ1n) is 6.30. The minimum atomic E-state index is -0.745. The Bertz CT molecular complexity index is 594. The molecule has 2 N–H and O–H groups in total. The lowest BCUT2D eigenvalue weighted by Gasteiger charge is -2.26. The van der Waals surface area contributed by atoms with E-state index in [0.29, 0.717) is 12.0 Å². The van der Waals surface area contributed by atoms with Crippen molar-refractivity contribution in [2.75, 3.05) is 7.11 Å². The van der Waals surface area contributed by atoms with Crippen molar-refractivity contribution in [1.29, 1.82) is 0 Å². The van der Waals surface area contributed by atoms with Gasteiger partial charge in [0.1, 0.15) is 5.82 Å². The van der Waals surface area contributed by atoms with Crippen molar-refractivity contribution in [3.63, 3.8) is 0 Å². The molecule has 0 aliphatic carbocycles. The Kier molecular flexibility index (Phi) is 4.04. The average Bonchev–Trinajstić information content (AvgIpc) is 2.41. The number of benzene rings is 2. The lowest BCUT2D eigenvalue weighted by molar-refractivity contribution is 0.384. The van der Waals surface area contributed by atoms with Crippen LogP contribution in [0.3, 0.4) is 0 Å². The molecule has 0 aliphatic rings. The van der Waals surface area contributed by atoms with E-state index in [9.17, 15) is 8.78 Å². The van der Waals surface area contributed by atoms with Gasteiger partial charge in [0.15, 0.2) is 11.6 Å². The average molecular weight is 277 g/mol. The summed E-state index contributed by atoms with van der Waals surface area (Å²) in [4.78, 5) is 0. The highest BCUT2D eigenvalue weighted by Crippen LogP contribution is 2.27. The zero-order valence-corrected chi connectivity index (χ0v) is 11.5. The number of halogens is 2. The number of hydrogen-bond donors (Lipinski definition) is 1. The maximum absolute atomic E-state index is 13.7. The summed E-state index contributed by atoms with van der Waals surface area (Å²) in [6.07, 6.45) is 0.485. The number of nitrogens with two attached hydrogens (primary N) is 1. The predicted octanol–water partition coefficient (Wildman–Crippen LogP) is 3.39. The molecule has 4 heteroatoms. The molecular formula is C16H17F2NO. The number of ether oxygens (including phenoxy) is 1. The molecular weight excluding hydrogens is 260 g/mol. The van der Waals surface area contributed by atoms with Crippen LogP contribution in [0.4, 0.5) is 8.78 Å². The van der Waals surface area contributed by atoms with Gasteiger partial charge in [-0.15, -0.1) is 0 Å². The Balaban J connectivity index is 2.25. The fourth-order valence-corrected chi connectivity index (χ4v) is 2.15. The molecule has 0 saturated carbocycles. The van der Waals surface area contributed by atoms with Crippen LogP contribution in [-0.2, 0) is 12.0 Å². The van der Waals surface area contributed by atoms with E-state index in [1.54, 1.807) is 24.3 Å².